The second-order valence-electron chi connectivity index (χ2n) is 12.0. The largest absolute Gasteiger partial charge is 0.490 e. The molecule has 0 aliphatic carbocycles. The van der Waals surface area contributed by atoms with Gasteiger partial charge in [0.05, 0.1) is 12.2 Å². The topological polar surface area (TPSA) is 101 Å². The summed E-state index contributed by atoms with van der Waals surface area (Å²) in [6.07, 6.45) is 1.93. The number of aromatic nitrogens is 1. The van der Waals surface area contributed by atoms with Gasteiger partial charge in [0.1, 0.15) is 18.4 Å². The number of carbonyl (C=O) groups is 3. The van der Waals surface area contributed by atoms with Crippen molar-refractivity contribution in [2.45, 2.75) is 25.4 Å². The Kier molecular flexibility index (Phi) is 8.75. The second kappa shape index (κ2) is 13.0. The van der Waals surface area contributed by atoms with E-state index in [1.807, 2.05) is 87.9 Å². The molecule has 234 valence electrons. The van der Waals surface area contributed by atoms with Gasteiger partial charge < -0.3 is 34.6 Å². The Morgan fingerprint density at radius 3 is 2.38 bits per heavy atom. The molecule has 2 aliphatic rings. The van der Waals surface area contributed by atoms with Crippen molar-refractivity contribution in [2.24, 2.45) is 0 Å². The molecular formula is C35H40N6O4. The van der Waals surface area contributed by atoms with Gasteiger partial charge in [-0.1, -0.05) is 49.4 Å². The first-order valence-electron chi connectivity index (χ1n) is 15.5. The Hall–Kier alpha value is -4.83. The fraction of sp³-hybridized carbons (Fsp3) is 0.343. The molecule has 2 N–H and O–H groups in total. The number of para-hydroxylation sites is 1. The Morgan fingerprint density at radius 2 is 1.62 bits per heavy atom. The van der Waals surface area contributed by atoms with Crippen molar-refractivity contribution in [3.8, 4) is 5.75 Å². The zero-order chi connectivity index (χ0) is 31.5. The minimum absolute atomic E-state index is 0.0451. The van der Waals surface area contributed by atoms with Crippen molar-refractivity contribution in [3.05, 3.63) is 95.7 Å². The van der Waals surface area contributed by atoms with Gasteiger partial charge in [0.25, 0.3) is 5.91 Å². The summed E-state index contributed by atoms with van der Waals surface area (Å²) in [6, 6.07) is 21.9. The van der Waals surface area contributed by atoms with Crippen LogP contribution in [0, 0.1) is 0 Å². The van der Waals surface area contributed by atoms with Crippen molar-refractivity contribution in [1.82, 2.24) is 25.0 Å². The van der Waals surface area contributed by atoms with Crippen molar-refractivity contribution < 1.29 is 19.1 Å². The molecule has 0 saturated carbocycles. The summed E-state index contributed by atoms with van der Waals surface area (Å²) in [4.78, 5) is 51.9. The monoisotopic (exact) mass is 608 g/mol. The highest BCUT2D eigenvalue weighted by Gasteiger charge is 2.37. The van der Waals surface area contributed by atoms with Gasteiger partial charge in [-0.15, -0.1) is 0 Å². The van der Waals surface area contributed by atoms with E-state index in [9.17, 15) is 14.4 Å². The average Bonchev–Trinajstić information content (AvgIpc) is 3.50. The molecule has 4 amide bonds. The quantitative estimate of drug-likeness (QED) is 0.326. The van der Waals surface area contributed by atoms with Crippen LogP contribution in [0.25, 0.3) is 10.9 Å². The van der Waals surface area contributed by atoms with Gasteiger partial charge in [0, 0.05) is 61.3 Å². The Morgan fingerprint density at radius 1 is 0.911 bits per heavy atom. The summed E-state index contributed by atoms with van der Waals surface area (Å²) in [5, 5.41) is 4.13. The number of anilines is 1. The predicted octanol–water partition coefficient (Wildman–Crippen LogP) is 4.29. The number of urea groups is 1. The van der Waals surface area contributed by atoms with Crippen molar-refractivity contribution in [1.29, 1.82) is 0 Å². The summed E-state index contributed by atoms with van der Waals surface area (Å²) < 4.78 is 5.93. The second-order valence-corrected chi connectivity index (χ2v) is 12.0. The molecule has 3 aromatic carbocycles. The number of nitrogens with zero attached hydrogens (tertiary/aromatic N) is 4. The standard InChI is InChI=1S/C35H40N6O4/c1-24(28-22-36-29-12-8-7-11-27(28)29)32(34(43)41-19-20-45-31-14-13-25(21-30(31)41)23-38(2)3)37-35(44)40-17-15-39(16-18-40)33(42)26-9-5-4-6-10-26/h4-14,21-22,24,32,36H,15-20,23H2,1-3H3,(H,37,44)/t24-,32+/m0/s1. The molecule has 10 nitrogen and oxygen atoms in total. The van der Waals surface area contributed by atoms with E-state index >= 15 is 0 Å². The number of benzene rings is 3. The van der Waals surface area contributed by atoms with E-state index in [1.54, 1.807) is 26.8 Å². The van der Waals surface area contributed by atoms with Crippen LogP contribution in [0.5, 0.6) is 5.75 Å². The summed E-state index contributed by atoms with van der Waals surface area (Å²) >= 11 is 0. The summed E-state index contributed by atoms with van der Waals surface area (Å²) in [5.74, 6) is 0.0813. The molecule has 4 aromatic rings. The number of aromatic amines is 1. The molecule has 1 aromatic heterocycles. The first kappa shape index (κ1) is 30.2. The summed E-state index contributed by atoms with van der Waals surface area (Å²) in [5.41, 5.74) is 4.34. The lowest BCUT2D eigenvalue weighted by atomic mass is 9.91. The van der Waals surface area contributed by atoms with Gasteiger partial charge in [-0.25, -0.2) is 4.79 Å². The van der Waals surface area contributed by atoms with Gasteiger partial charge in [0.15, 0.2) is 0 Å². The zero-order valence-corrected chi connectivity index (χ0v) is 26.0. The predicted molar refractivity (Wildman–Crippen MR) is 175 cm³/mol. The SMILES string of the molecule is C[C@@H](c1c[nH]c2ccccc12)[C@@H](NC(=O)N1CCN(C(=O)c2ccccc2)CC1)C(=O)N1CCOc2ccc(CN(C)C)cc21. The van der Waals surface area contributed by atoms with E-state index < -0.39 is 6.04 Å². The van der Waals surface area contributed by atoms with Gasteiger partial charge in [-0.3, -0.25) is 9.59 Å². The molecule has 45 heavy (non-hydrogen) atoms. The number of fused-ring (bicyclic) bond motifs is 2. The first-order chi connectivity index (χ1) is 21.8. The fourth-order valence-electron chi connectivity index (χ4n) is 6.27. The molecule has 0 bridgehead atoms. The molecule has 3 heterocycles. The molecule has 2 aliphatic heterocycles. The molecule has 0 spiro atoms. The highest BCUT2D eigenvalue weighted by atomic mass is 16.5. The van der Waals surface area contributed by atoms with Crippen LogP contribution in [-0.2, 0) is 11.3 Å². The van der Waals surface area contributed by atoms with Crippen LogP contribution in [0.1, 0.15) is 34.3 Å². The van der Waals surface area contributed by atoms with Crippen molar-refractivity contribution in [3.63, 3.8) is 0 Å². The molecule has 0 radical (unpaired) electrons. The number of hydrogen-bond donors (Lipinski definition) is 2. The maximum absolute atomic E-state index is 14.5. The van der Waals surface area contributed by atoms with Crippen LogP contribution < -0.4 is 15.0 Å². The lowest BCUT2D eigenvalue weighted by molar-refractivity contribution is -0.121. The van der Waals surface area contributed by atoms with E-state index in [1.165, 1.54) is 0 Å². The average molecular weight is 609 g/mol. The molecular weight excluding hydrogens is 568 g/mol. The normalized spacial score (nSPS) is 16.2. The fourth-order valence-corrected chi connectivity index (χ4v) is 6.27. The molecule has 10 heteroatoms. The summed E-state index contributed by atoms with van der Waals surface area (Å²) in [6.45, 7) is 5.04. The van der Waals surface area contributed by atoms with Gasteiger partial charge in [-0.2, -0.15) is 0 Å². The van der Waals surface area contributed by atoms with Crippen LogP contribution in [0.15, 0.2) is 79.0 Å². The van der Waals surface area contributed by atoms with Crippen LogP contribution >= 0.6 is 0 Å². The van der Waals surface area contributed by atoms with Crippen molar-refractivity contribution in [2.75, 3.05) is 58.3 Å². The third kappa shape index (κ3) is 6.37. The number of carbonyl (C=O) groups excluding carboxylic acids is 3. The molecule has 6 rings (SSSR count). The third-order valence-corrected chi connectivity index (χ3v) is 8.68. The van der Waals surface area contributed by atoms with E-state index in [4.69, 9.17) is 4.74 Å². The van der Waals surface area contributed by atoms with Crippen molar-refractivity contribution >= 4 is 34.4 Å². The highest BCUT2D eigenvalue weighted by molar-refractivity contribution is 6.02. The Bertz CT molecular complexity index is 1680. The number of rotatable bonds is 7. The van der Waals surface area contributed by atoms with Crippen LogP contribution in [0.4, 0.5) is 10.5 Å². The number of hydrogen-bond acceptors (Lipinski definition) is 5. The van der Waals surface area contributed by atoms with Crippen LogP contribution in [0.3, 0.4) is 0 Å². The first-order valence-corrected chi connectivity index (χ1v) is 15.5. The van der Waals surface area contributed by atoms with Gasteiger partial charge in [-0.05, 0) is 55.6 Å². The molecule has 1 saturated heterocycles. The third-order valence-electron chi connectivity index (χ3n) is 8.68. The van der Waals surface area contributed by atoms with E-state index in [0.717, 1.165) is 28.6 Å². The maximum atomic E-state index is 14.5. The van der Waals surface area contributed by atoms with Gasteiger partial charge in [0.2, 0.25) is 5.91 Å². The number of nitrogens with one attached hydrogen (secondary N) is 2. The molecule has 0 unspecified atom stereocenters. The van der Waals surface area contributed by atoms with Gasteiger partial charge >= 0.3 is 6.03 Å². The number of amides is 4. The lowest BCUT2D eigenvalue weighted by Gasteiger charge is -2.38. The molecule has 2 atom stereocenters. The lowest BCUT2D eigenvalue weighted by Crippen LogP contribution is -2.58. The number of H-pyrrole nitrogens is 1. The van der Waals surface area contributed by atoms with Crippen LogP contribution in [0.2, 0.25) is 0 Å². The number of piperazine rings is 1. The Labute approximate surface area is 263 Å². The Balaban J connectivity index is 1.25. The van der Waals surface area contributed by atoms with Crippen LogP contribution in [-0.4, -0.2) is 97.0 Å². The summed E-state index contributed by atoms with van der Waals surface area (Å²) in [7, 11) is 4.01. The van der Waals surface area contributed by atoms with E-state index in [-0.39, 0.29) is 23.8 Å². The minimum atomic E-state index is -0.843. The maximum Gasteiger partial charge on any atom is 0.318 e. The van der Waals surface area contributed by atoms with E-state index in [2.05, 4.69) is 15.2 Å². The number of ether oxygens (including phenoxy) is 1. The smallest absolute Gasteiger partial charge is 0.318 e. The molecule has 1 fully saturated rings. The highest BCUT2D eigenvalue weighted by Crippen LogP contribution is 2.35. The minimum Gasteiger partial charge on any atom is -0.490 e. The van der Waals surface area contributed by atoms with E-state index in [0.29, 0.717) is 56.3 Å². The zero-order valence-electron chi connectivity index (χ0n) is 26.0.